The molecule has 3 nitrogen and oxygen atoms in total. The van der Waals surface area contributed by atoms with E-state index in [2.05, 4.69) is 17.4 Å². The Labute approximate surface area is 116 Å². The lowest BCUT2D eigenvalue weighted by atomic mass is 10.1. The average molecular weight is 260 g/mol. The quantitative estimate of drug-likeness (QED) is 0.900. The summed E-state index contributed by atoms with van der Waals surface area (Å²) in [4.78, 5) is 14.2. The fourth-order valence-corrected chi connectivity index (χ4v) is 2.66. The summed E-state index contributed by atoms with van der Waals surface area (Å²) in [5, 5.41) is 3.39. The van der Waals surface area contributed by atoms with Gasteiger partial charge in [0.2, 0.25) is 5.91 Å². The lowest BCUT2D eigenvalue weighted by Crippen LogP contribution is -2.37. The molecule has 0 spiro atoms. The number of amides is 1. The highest BCUT2D eigenvalue weighted by molar-refractivity contribution is 5.76. The maximum atomic E-state index is 12.2. The zero-order valence-electron chi connectivity index (χ0n) is 11.8. The molecule has 1 N–H and O–H groups in total. The minimum absolute atomic E-state index is 0.274. The van der Waals surface area contributed by atoms with Gasteiger partial charge in [-0.3, -0.25) is 4.79 Å². The number of carbonyl (C=O) groups is 1. The molecule has 3 heteroatoms. The van der Waals surface area contributed by atoms with Crippen LogP contribution in [0.3, 0.4) is 0 Å². The highest BCUT2D eigenvalue weighted by Crippen LogP contribution is 2.13. The number of hydrogen-bond donors (Lipinski definition) is 1. The molecule has 0 bridgehead atoms. The van der Waals surface area contributed by atoms with Gasteiger partial charge in [-0.15, -0.1) is 0 Å². The SMILES string of the molecule is CN(C(=O)CCc1ccccc1)C1CCCNCC1. The summed E-state index contributed by atoms with van der Waals surface area (Å²) in [6.45, 7) is 2.11. The van der Waals surface area contributed by atoms with E-state index in [9.17, 15) is 4.79 Å². The second kappa shape index (κ2) is 7.29. The van der Waals surface area contributed by atoms with E-state index in [-0.39, 0.29) is 5.91 Å². The van der Waals surface area contributed by atoms with Crippen LogP contribution in [0, 0.1) is 0 Å². The number of carbonyl (C=O) groups excluding carboxylic acids is 1. The monoisotopic (exact) mass is 260 g/mol. The Morgan fingerprint density at radius 1 is 1.26 bits per heavy atom. The van der Waals surface area contributed by atoms with Crippen LogP contribution < -0.4 is 5.32 Å². The van der Waals surface area contributed by atoms with Crippen LogP contribution in [0.1, 0.15) is 31.2 Å². The molecule has 1 atom stereocenters. The van der Waals surface area contributed by atoms with Crippen molar-refractivity contribution in [2.24, 2.45) is 0 Å². The predicted molar refractivity (Wildman–Crippen MR) is 78.0 cm³/mol. The van der Waals surface area contributed by atoms with E-state index < -0.39 is 0 Å². The van der Waals surface area contributed by atoms with Gasteiger partial charge >= 0.3 is 0 Å². The average Bonchev–Trinajstić information content (AvgIpc) is 2.74. The normalized spacial score (nSPS) is 19.7. The molecule has 0 saturated carbocycles. The Morgan fingerprint density at radius 2 is 2.05 bits per heavy atom. The van der Waals surface area contributed by atoms with E-state index in [1.54, 1.807) is 0 Å². The van der Waals surface area contributed by atoms with Gasteiger partial charge in [-0.1, -0.05) is 30.3 Å². The van der Waals surface area contributed by atoms with E-state index in [0.29, 0.717) is 12.5 Å². The Morgan fingerprint density at radius 3 is 2.84 bits per heavy atom. The van der Waals surface area contributed by atoms with Crippen molar-refractivity contribution in [3.63, 3.8) is 0 Å². The van der Waals surface area contributed by atoms with Crippen molar-refractivity contribution in [3.05, 3.63) is 35.9 Å². The van der Waals surface area contributed by atoms with Crippen molar-refractivity contribution in [1.82, 2.24) is 10.2 Å². The van der Waals surface area contributed by atoms with Gasteiger partial charge < -0.3 is 10.2 Å². The highest BCUT2D eigenvalue weighted by Gasteiger charge is 2.20. The minimum Gasteiger partial charge on any atom is -0.343 e. The topological polar surface area (TPSA) is 32.3 Å². The first kappa shape index (κ1) is 14.1. The summed E-state index contributed by atoms with van der Waals surface area (Å²) in [6, 6.07) is 10.7. The van der Waals surface area contributed by atoms with Gasteiger partial charge in [-0.25, -0.2) is 0 Å². The van der Waals surface area contributed by atoms with Crippen molar-refractivity contribution in [1.29, 1.82) is 0 Å². The van der Waals surface area contributed by atoms with E-state index >= 15 is 0 Å². The number of hydrogen-bond acceptors (Lipinski definition) is 2. The van der Waals surface area contributed by atoms with Crippen LogP contribution in [0.5, 0.6) is 0 Å². The number of aryl methyl sites for hydroxylation is 1. The molecule has 1 aromatic carbocycles. The molecule has 0 radical (unpaired) electrons. The molecule has 1 fully saturated rings. The molecule has 2 rings (SSSR count). The van der Waals surface area contributed by atoms with Gasteiger partial charge in [0.1, 0.15) is 0 Å². The highest BCUT2D eigenvalue weighted by atomic mass is 16.2. The van der Waals surface area contributed by atoms with E-state index in [4.69, 9.17) is 0 Å². The van der Waals surface area contributed by atoms with Crippen molar-refractivity contribution in [3.8, 4) is 0 Å². The lowest BCUT2D eigenvalue weighted by Gasteiger charge is -2.27. The second-order valence-electron chi connectivity index (χ2n) is 5.32. The third-order valence-electron chi connectivity index (χ3n) is 3.96. The van der Waals surface area contributed by atoms with E-state index in [1.807, 2.05) is 30.1 Å². The van der Waals surface area contributed by atoms with Crippen LogP contribution >= 0.6 is 0 Å². The summed E-state index contributed by atoms with van der Waals surface area (Å²) in [6.07, 6.45) is 4.83. The number of rotatable bonds is 4. The molecule has 0 aliphatic carbocycles. The fraction of sp³-hybridized carbons (Fsp3) is 0.562. The first-order chi connectivity index (χ1) is 9.27. The molecule has 104 valence electrons. The maximum Gasteiger partial charge on any atom is 0.222 e. The summed E-state index contributed by atoms with van der Waals surface area (Å²) in [5.74, 6) is 0.274. The Bertz CT molecular complexity index is 383. The van der Waals surface area contributed by atoms with Crippen molar-refractivity contribution in [2.75, 3.05) is 20.1 Å². The Kier molecular flexibility index (Phi) is 5.40. The zero-order chi connectivity index (χ0) is 13.5. The summed E-state index contributed by atoms with van der Waals surface area (Å²) in [7, 11) is 1.96. The van der Waals surface area contributed by atoms with Crippen LogP contribution in [0.15, 0.2) is 30.3 Å². The first-order valence-electron chi connectivity index (χ1n) is 7.27. The molecule has 19 heavy (non-hydrogen) atoms. The minimum atomic E-state index is 0.274. The van der Waals surface area contributed by atoms with Crippen molar-refractivity contribution >= 4 is 5.91 Å². The fourth-order valence-electron chi connectivity index (χ4n) is 2.66. The van der Waals surface area contributed by atoms with Gasteiger partial charge in [0, 0.05) is 19.5 Å². The van der Waals surface area contributed by atoms with Gasteiger partial charge in [0.15, 0.2) is 0 Å². The molecular formula is C16H24N2O. The Balaban J connectivity index is 1.81. The van der Waals surface area contributed by atoms with Gasteiger partial charge in [-0.2, -0.15) is 0 Å². The van der Waals surface area contributed by atoms with Gasteiger partial charge in [-0.05, 0) is 44.3 Å². The summed E-state index contributed by atoms with van der Waals surface area (Å²) in [5.41, 5.74) is 1.24. The molecule has 1 aliphatic rings. The smallest absolute Gasteiger partial charge is 0.222 e. The zero-order valence-corrected chi connectivity index (χ0v) is 11.8. The molecule has 1 unspecified atom stereocenters. The van der Waals surface area contributed by atoms with E-state index in [0.717, 1.165) is 32.4 Å². The Hall–Kier alpha value is -1.35. The van der Waals surface area contributed by atoms with Crippen LogP contribution in [0.2, 0.25) is 0 Å². The maximum absolute atomic E-state index is 12.2. The van der Waals surface area contributed by atoms with Crippen molar-refractivity contribution in [2.45, 2.75) is 38.1 Å². The van der Waals surface area contributed by atoms with Crippen LogP contribution in [-0.2, 0) is 11.2 Å². The number of benzene rings is 1. The van der Waals surface area contributed by atoms with Crippen molar-refractivity contribution < 1.29 is 4.79 Å². The molecule has 1 amide bonds. The molecule has 1 heterocycles. The third kappa shape index (κ3) is 4.35. The van der Waals surface area contributed by atoms with E-state index in [1.165, 1.54) is 12.0 Å². The number of nitrogens with one attached hydrogen (secondary N) is 1. The number of nitrogens with zero attached hydrogens (tertiary/aromatic N) is 1. The molecular weight excluding hydrogens is 236 g/mol. The molecule has 1 aromatic rings. The second-order valence-corrected chi connectivity index (χ2v) is 5.32. The molecule has 1 saturated heterocycles. The lowest BCUT2D eigenvalue weighted by molar-refractivity contribution is -0.132. The molecule has 1 aliphatic heterocycles. The standard InChI is InChI=1S/C16H24N2O/c1-18(15-8-5-12-17-13-11-15)16(19)10-9-14-6-3-2-4-7-14/h2-4,6-7,15,17H,5,8-13H2,1H3. The first-order valence-corrected chi connectivity index (χ1v) is 7.27. The van der Waals surface area contributed by atoms with Crippen LogP contribution in [0.25, 0.3) is 0 Å². The van der Waals surface area contributed by atoms with Gasteiger partial charge in [0.05, 0.1) is 0 Å². The summed E-state index contributed by atoms with van der Waals surface area (Å²) < 4.78 is 0. The third-order valence-corrected chi connectivity index (χ3v) is 3.96. The largest absolute Gasteiger partial charge is 0.343 e. The predicted octanol–water partition coefficient (Wildman–Crippen LogP) is 2.22. The summed E-state index contributed by atoms with van der Waals surface area (Å²) >= 11 is 0. The molecule has 0 aromatic heterocycles. The van der Waals surface area contributed by atoms with Crippen LogP contribution in [0.4, 0.5) is 0 Å². The van der Waals surface area contributed by atoms with Crippen LogP contribution in [-0.4, -0.2) is 37.0 Å². The van der Waals surface area contributed by atoms with Gasteiger partial charge in [0.25, 0.3) is 0 Å².